The number of anilines is 1. The average Bonchev–Trinajstić information content (AvgIpc) is 2.80. The van der Waals surface area contributed by atoms with E-state index in [1.165, 1.54) is 32.4 Å². The Balaban J connectivity index is 0.00000385. The van der Waals surface area contributed by atoms with Crippen molar-refractivity contribution in [3.8, 4) is 0 Å². The van der Waals surface area contributed by atoms with Crippen LogP contribution < -0.4 is 16.8 Å². The lowest BCUT2D eigenvalue weighted by Gasteiger charge is -2.26. The fourth-order valence-electron chi connectivity index (χ4n) is 4.30. The summed E-state index contributed by atoms with van der Waals surface area (Å²) >= 11 is 0. The maximum atomic E-state index is 12.5. The fourth-order valence-corrected chi connectivity index (χ4v) is 4.30. The summed E-state index contributed by atoms with van der Waals surface area (Å²) in [6.45, 7) is 5.20. The molecule has 2 atom stereocenters. The first-order chi connectivity index (χ1) is 15.4. The Morgan fingerprint density at radius 2 is 1.91 bits per heavy atom. The second kappa shape index (κ2) is 13.3. The predicted octanol–water partition coefficient (Wildman–Crippen LogP) is 3.44. The number of nitrogens with two attached hydrogens (primary N) is 2. The number of nitrogens with one attached hydrogen (secondary N) is 1. The molecule has 0 aliphatic carbocycles. The Kier molecular flexibility index (Phi) is 10.7. The van der Waals surface area contributed by atoms with Crippen molar-refractivity contribution >= 4 is 28.3 Å². The van der Waals surface area contributed by atoms with Gasteiger partial charge in [-0.05, 0) is 75.7 Å². The number of hydrogen-bond donors (Lipinski definition) is 3. The molecule has 0 spiro atoms. The van der Waals surface area contributed by atoms with Crippen LogP contribution in [0.1, 0.15) is 64.9 Å². The smallest absolute Gasteiger partial charge is 0.237 e. The van der Waals surface area contributed by atoms with E-state index in [1.807, 2.05) is 24.3 Å². The first-order valence-electron chi connectivity index (χ1n) is 11.9. The summed E-state index contributed by atoms with van der Waals surface area (Å²) < 4.78 is 0. The molecule has 0 saturated carbocycles. The number of carbonyl (C=O) groups is 2. The Hall–Kier alpha value is -2.51. The van der Waals surface area contributed by atoms with E-state index in [1.54, 1.807) is 13.1 Å². The van der Waals surface area contributed by atoms with Crippen LogP contribution in [-0.4, -0.2) is 53.3 Å². The zero-order valence-corrected chi connectivity index (χ0v) is 19.2. The predicted molar refractivity (Wildman–Crippen MR) is 136 cm³/mol. The van der Waals surface area contributed by atoms with Crippen LogP contribution in [-0.2, 0) is 16.0 Å². The number of benzene rings is 1. The van der Waals surface area contributed by atoms with Gasteiger partial charge in [-0.1, -0.05) is 38.5 Å². The molecule has 0 bridgehead atoms. The normalized spacial score (nSPS) is 16.1. The molecule has 182 valence electrons. The number of ketones is 1. The maximum absolute atomic E-state index is 12.5. The molecule has 0 radical (unpaired) electrons. The molecule has 1 aliphatic rings. The molecule has 1 amide bonds. The second-order valence-corrected chi connectivity index (χ2v) is 8.95. The SMILES string of the molecule is C.C[C@H](NC(=O)[C@H](N)CCCCN1CCCCC1)C(=O)CCc1ccc2c(N)nccc2c1. The number of rotatable bonds is 11. The minimum Gasteiger partial charge on any atom is -0.383 e. The number of Topliss-reactive ketones (excluding diaryl/α,β-unsaturated/α-hetero) is 1. The summed E-state index contributed by atoms with van der Waals surface area (Å²) in [5, 5.41) is 4.71. The highest BCUT2D eigenvalue weighted by molar-refractivity contribution is 5.92. The third kappa shape index (κ3) is 8.09. The summed E-state index contributed by atoms with van der Waals surface area (Å²) in [6.07, 6.45) is 9.21. The quantitative estimate of drug-likeness (QED) is 0.447. The molecule has 7 heteroatoms. The number of amides is 1. The van der Waals surface area contributed by atoms with Crippen molar-refractivity contribution in [1.82, 2.24) is 15.2 Å². The Morgan fingerprint density at radius 1 is 1.15 bits per heavy atom. The van der Waals surface area contributed by atoms with E-state index in [9.17, 15) is 9.59 Å². The first kappa shape index (κ1) is 26.7. The number of pyridine rings is 1. The number of carbonyl (C=O) groups excluding carboxylic acids is 2. The number of aromatic nitrogens is 1. The van der Waals surface area contributed by atoms with Gasteiger partial charge in [-0.25, -0.2) is 4.98 Å². The monoisotopic (exact) mass is 455 g/mol. The number of piperidine rings is 1. The first-order valence-corrected chi connectivity index (χ1v) is 11.9. The zero-order chi connectivity index (χ0) is 22.9. The summed E-state index contributed by atoms with van der Waals surface area (Å²) in [7, 11) is 0. The lowest BCUT2D eigenvalue weighted by Crippen LogP contribution is -2.47. The van der Waals surface area contributed by atoms with Gasteiger partial charge < -0.3 is 21.7 Å². The average molecular weight is 456 g/mol. The summed E-state index contributed by atoms with van der Waals surface area (Å²) in [5.41, 5.74) is 13.0. The number of aryl methyl sites for hydroxylation is 1. The highest BCUT2D eigenvalue weighted by atomic mass is 16.2. The topological polar surface area (TPSA) is 114 Å². The fraction of sp³-hybridized carbons (Fsp3) is 0.577. The molecule has 2 aromatic rings. The van der Waals surface area contributed by atoms with Crippen molar-refractivity contribution < 1.29 is 9.59 Å². The van der Waals surface area contributed by atoms with E-state index in [-0.39, 0.29) is 19.1 Å². The molecule has 5 N–H and O–H groups in total. The van der Waals surface area contributed by atoms with Crippen molar-refractivity contribution in [2.75, 3.05) is 25.4 Å². The van der Waals surface area contributed by atoms with Gasteiger partial charge in [0, 0.05) is 18.0 Å². The van der Waals surface area contributed by atoms with Gasteiger partial charge in [-0.3, -0.25) is 9.59 Å². The molecule has 0 unspecified atom stereocenters. The van der Waals surface area contributed by atoms with Gasteiger partial charge in [0.25, 0.3) is 0 Å². The second-order valence-electron chi connectivity index (χ2n) is 8.95. The number of likely N-dealkylation sites (tertiary alicyclic amines) is 1. The third-order valence-electron chi connectivity index (χ3n) is 6.39. The number of nitrogen functional groups attached to an aromatic ring is 1. The number of hydrogen-bond acceptors (Lipinski definition) is 6. The molecule has 33 heavy (non-hydrogen) atoms. The molecule has 1 fully saturated rings. The van der Waals surface area contributed by atoms with Crippen LogP contribution in [0, 0.1) is 0 Å². The number of fused-ring (bicyclic) bond motifs is 1. The van der Waals surface area contributed by atoms with Gasteiger partial charge in [0.15, 0.2) is 5.78 Å². The van der Waals surface area contributed by atoms with E-state index in [4.69, 9.17) is 11.5 Å². The van der Waals surface area contributed by atoms with E-state index in [0.29, 0.717) is 25.1 Å². The van der Waals surface area contributed by atoms with Gasteiger partial charge in [-0.15, -0.1) is 0 Å². The van der Waals surface area contributed by atoms with E-state index >= 15 is 0 Å². The molecule has 1 aromatic heterocycles. The van der Waals surface area contributed by atoms with E-state index in [2.05, 4.69) is 15.2 Å². The van der Waals surface area contributed by atoms with Crippen LogP contribution in [0.15, 0.2) is 30.5 Å². The molecule has 1 saturated heterocycles. The minimum atomic E-state index is -0.564. The maximum Gasteiger partial charge on any atom is 0.237 e. The molecule has 3 rings (SSSR count). The lowest BCUT2D eigenvalue weighted by molar-refractivity contribution is -0.128. The minimum absolute atomic E-state index is 0. The van der Waals surface area contributed by atoms with Crippen molar-refractivity contribution in [2.45, 2.75) is 77.8 Å². The lowest BCUT2D eigenvalue weighted by atomic mass is 10.0. The van der Waals surface area contributed by atoms with E-state index < -0.39 is 12.1 Å². The summed E-state index contributed by atoms with van der Waals surface area (Å²) in [6, 6.07) is 6.75. The van der Waals surface area contributed by atoms with Crippen molar-refractivity contribution in [3.05, 3.63) is 36.0 Å². The Morgan fingerprint density at radius 3 is 2.67 bits per heavy atom. The van der Waals surface area contributed by atoms with Gasteiger partial charge in [-0.2, -0.15) is 0 Å². The van der Waals surface area contributed by atoms with Crippen molar-refractivity contribution in [1.29, 1.82) is 0 Å². The van der Waals surface area contributed by atoms with E-state index in [0.717, 1.165) is 35.7 Å². The van der Waals surface area contributed by atoms with Gasteiger partial charge in [0.05, 0.1) is 12.1 Å². The molecule has 1 aromatic carbocycles. The van der Waals surface area contributed by atoms with Crippen LogP contribution in [0.5, 0.6) is 0 Å². The Labute approximate surface area is 198 Å². The van der Waals surface area contributed by atoms with Gasteiger partial charge >= 0.3 is 0 Å². The number of unbranched alkanes of at least 4 members (excludes halogenated alkanes) is 1. The van der Waals surface area contributed by atoms with Crippen molar-refractivity contribution in [2.24, 2.45) is 5.73 Å². The largest absolute Gasteiger partial charge is 0.383 e. The Bertz CT molecular complexity index is 911. The van der Waals surface area contributed by atoms with Gasteiger partial charge in [0.1, 0.15) is 5.82 Å². The zero-order valence-electron chi connectivity index (χ0n) is 19.2. The molecule has 7 nitrogen and oxygen atoms in total. The molecular formula is C26H41N5O2. The molecular weight excluding hydrogens is 414 g/mol. The van der Waals surface area contributed by atoms with Crippen molar-refractivity contribution in [3.63, 3.8) is 0 Å². The summed E-state index contributed by atoms with van der Waals surface area (Å²) in [4.78, 5) is 31.5. The molecule has 2 heterocycles. The standard InChI is InChI=1S/C25H37N5O2.CH4/c1-18(29-25(32)22(26)7-3-6-16-30-14-4-2-5-15-30)23(31)11-9-19-8-10-21-20(17-19)12-13-28-24(21)27;/h8,10,12-13,17-18,22H,2-7,9,11,14-16,26H2,1H3,(H2,27,28)(H,29,32);1H4/t18-,22+;/m0./s1. The number of nitrogens with zero attached hydrogens (tertiary/aromatic N) is 2. The van der Waals surface area contributed by atoms with Crippen LogP contribution in [0.25, 0.3) is 10.8 Å². The highest BCUT2D eigenvalue weighted by Gasteiger charge is 2.20. The summed E-state index contributed by atoms with van der Waals surface area (Å²) in [5.74, 6) is 0.270. The van der Waals surface area contributed by atoms with Crippen LogP contribution in [0.4, 0.5) is 5.82 Å². The van der Waals surface area contributed by atoms with Crippen LogP contribution in [0.2, 0.25) is 0 Å². The highest BCUT2D eigenvalue weighted by Crippen LogP contribution is 2.20. The van der Waals surface area contributed by atoms with Gasteiger partial charge in [0.2, 0.25) is 5.91 Å². The van der Waals surface area contributed by atoms with Crippen LogP contribution in [0.3, 0.4) is 0 Å². The molecule has 1 aliphatic heterocycles. The van der Waals surface area contributed by atoms with Crippen LogP contribution >= 0.6 is 0 Å². The third-order valence-corrected chi connectivity index (χ3v) is 6.39.